The number of nitrogens with zero attached hydrogens (tertiary/aromatic N) is 2. The molecule has 2 N–H and O–H groups in total. The first-order chi connectivity index (χ1) is 12.4. The van der Waals surface area contributed by atoms with Crippen LogP contribution in [0.4, 0.5) is 0 Å². The van der Waals surface area contributed by atoms with E-state index in [1.165, 1.54) is 0 Å². The fourth-order valence-electron chi connectivity index (χ4n) is 2.90. The van der Waals surface area contributed by atoms with E-state index < -0.39 is 5.60 Å². The van der Waals surface area contributed by atoms with Crippen molar-refractivity contribution in [3.8, 4) is 11.8 Å². The summed E-state index contributed by atoms with van der Waals surface area (Å²) in [5.41, 5.74) is 0.290. The Labute approximate surface area is 157 Å². The molecule has 0 saturated carbocycles. The Balaban J connectivity index is 1.75. The molecule has 26 heavy (non-hydrogen) atoms. The van der Waals surface area contributed by atoms with E-state index in [2.05, 4.69) is 33.9 Å². The molecule has 1 aliphatic rings. The van der Waals surface area contributed by atoms with Gasteiger partial charge < -0.3 is 20.2 Å². The summed E-state index contributed by atoms with van der Waals surface area (Å²) in [4.78, 5) is 17.2. The number of piperazine rings is 1. The van der Waals surface area contributed by atoms with E-state index in [1.807, 2.05) is 12.1 Å². The molecule has 2 rings (SSSR count). The predicted octanol–water partition coefficient (Wildman–Crippen LogP) is 1.57. The molecule has 0 unspecified atom stereocenters. The number of rotatable bonds is 6. The van der Waals surface area contributed by atoms with Crippen LogP contribution < -0.4 is 5.32 Å². The van der Waals surface area contributed by atoms with Crippen LogP contribution in [0.25, 0.3) is 0 Å². The van der Waals surface area contributed by atoms with Crippen LogP contribution in [-0.2, 0) is 0 Å². The molecule has 0 radical (unpaired) electrons. The van der Waals surface area contributed by atoms with Crippen molar-refractivity contribution in [2.75, 3.05) is 45.8 Å². The van der Waals surface area contributed by atoms with Gasteiger partial charge in [0.15, 0.2) is 0 Å². The maximum absolute atomic E-state index is 12.3. The van der Waals surface area contributed by atoms with E-state index in [0.29, 0.717) is 12.1 Å². The number of nitrogens with one attached hydrogen (secondary N) is 1. The van der Waals surface area contributed by atoms with Gasteiger partial charge in [0, 0.05) is 43.9 Å². The summed E-state index contributed by atoms with van der Waals surface area (Å²) in [5, 5.41) is 12.7. The molecule has 1 aliphatic heterocycles. The van der Waals surface area contributed by atoms with E-state index in [9.17, 15) is 9.90 Å². The second-order valence-corrected chi connectivity index (χ2v) is 7.28. The quantitative estimate of drug-likeness (QED) is 0.599. The van der Waals surface area contributed by atoms with Crippen molar-refractivity contribution >= 4 is 5.91 Å². The van der Waals surface area contributed by atoms with Gasteiger partial charge in [0.05, 0.1) is 0 Å². The first-order valence-electron chi connectivity index (χ1n) is 9.46. The molecule has 1 saturated heterocycles. The van der Waals surface area contributed by atoms with Crippen molar-refractivity contribution < 1.29 is 9.90 Å². The number of hydrogen-bond acceptors (Lipinski definition) is 4. The summed E-state index contributed by atoms with van der Waals surface area (Å²) in [6.45, 7) is 12.8. The maximum atomic E-state index is 12.3. The maximum Gasteiger partial charge on any atom is 0.251 e. The van der Waals surface area contributed by atoms with Gasteiger partial charge in [-0.3, -0.25) is 4.79 Å². The molecule has 1 aromatic carbocycles. The van der Waals surface area contributed by atoms with Crippen LogP contribution in [-0.4, -0.2) is 72.2 Å². The Kier molecular flexibility index (Phi) is 7.65. The topological polar surface area (TPSA) is 55.8 Å². The molecule has 0 spiro atoms. The summed E-state index contributed by atoms with van der Waals surface area (Å²) < 4.78 is 0. The zero-order valence-electron chi connectivity index (χ0n) is 16.2. The van der Waals surface area contributed by atoms with Crippen LogP contribution in [0.1, 0.15) is 43.1 Å². The Morgan fingerprint density at radius 3 is 2.58 bits per heavy atom. The average molecular weight is 357 g/mol. The standard InChI is InChI=1S/C21H31N3O2/c1-4-23-13-15-24(16-14-23)12-6-11-22-20(25)19-8-5-7-18(17-19)9-10-21(2,3)26/h5,7-8,17,26H,4,6,11-16H2,1-3H3,(H,22,25). The van der Waals surface area contributed by atoms with Crippen molar-refractivity contribution in [2.24, 2.45) is 0 Å². The molecule has 1 fully saturated rings. The van der Waals surface area contributed by atoms with Gasteiger partial charge in [0.25, 0.3) is 5.91 Å². The second-order valence-electron chi connectivity index (χ2n) is 7.28. The fraction of sp³-hybridized carbons (Fsp3) is 0.571. The summed E-state index contributed by atoms with van der Waals surface area (Å²) in [7, 11) is 0. The van der Waals surface area contributed by atoms with Gasteiger partial charge in [-0.25, -0.2) is 0 Å². The fourth-order valence-corrected chi connectivity index (χ4v) is 2.90. The minimum absolute atomic E-state index is 0.0762. The number of aliphatic hydroxyl groups is 1. The molecule has 5 nitrogen and oxygen atoms in total. The molecular weight excluding hydrogens is 326 g/mol. The second kappa shape index (κ2) is 9.72. The van der Waals surface area contributed by atoms with E-state index >= 15 is 0 Å². The number of carbonyl (C=O) groups excluding carboxylic acids is 1. The molecule has 5 heteroatoms. The van der Waals surface area contributed by atoms with Gasteiger partial charge in [-0.1, -0.05) is 24.8 Å². The molecule has 0 bridgehead atoms. The summed E-state index contributed by atoms with van der Waals surface area (Å²) in [6, 6.07) is 7.20. The van der Waals surface area contributed by atoms with Crippen LogP contribution in [0, 0.1) is 11.8 Å². The minimum atomic E-state index is -1.04. The third-order valence-corrected chi connectivity index (χ3v) is 4.49. The molecule has 1 amide bonds. The Bertz CT molecular complexity index is 647. The van der Waals surface area contributed by atoms with Gasteiger partial charge >= 0.3 is 0 Å². The normalized spacial score (nSPS) is 16.0. The average Bonchev–Trinajstić information content (AvgIpc) is 2.63. The molecule has 0 atom stereocenters. The van der Waals surface area contributed by atoms with Crippen LogP contribution in [0.15, 0.2) is 24.3 Å². The van der Waals surface area contributed by atoms with Crippen LogP contribution >= 0.6 is 0 Å². The Morgan fingerprint density at radius 2 is 1.92 bits per heavy atom. The highest BCUT2D eigenvalue weighted by atomic mass is 16.3. The van der Waals surface area contributed by atoms with E-state index in [4.69, 9.17) is 0 Å². The molecule has 142 valence electrons. The minimum Gasteiger partial charge on any atom is -0.378 e. The molecule has 1 aromatic rings. The summed E-state index contributed by atoms with van der Waals surface area (Å²) in [6.07, 6.45) is 0.954. The molecular formula is C21H31N3O2. The highest BCUT2D eigenvalue weighted by Crippen LogP contribution is 2.06. The lowest BCUT2D eigenvalue weighted by Crippen LogP contribution is -2.46. The van der Waals surface area contributed by atoms with E-state index in [0.717, 1.165) is 51.3 Å². The highest BCUT2D eigenvalue weighted by Gasteiger charge is 2.14. The predicted molar refractivity (Wildman–Crippen MR) is 105 cm³/mol. The smallest absolute Gasteiger partial charge is 0.251 e. The first-order valence-corrected chi connectivity index (χ1v) is 9.46. The van der Waals surface area contributed by atoms with Crippen molar-refractivity contribution in [1.82, 2.24) is 15.1 Å². The van der Waals surface area contributed by atoms with Crippen molar-refractivity contribution in [1.29, 1.82) is 0 Å². The van der Waals surface area contributed by atoms with Gasteiger partial charge in [-0.2, -0.15) is 0 Å². The van der Waals surface area contributed by atoms with Gasteiger partial charge in [-0.15, -0.1) is 0 Å². The number of amides is 1. The Hall–Kier alpha value is -1.87. The number of likely N-dealkylation sites (N-methyl/N-ethyl adjacent to an activating group) is 1. The summed E-state index contributed by atoms with van der Waals surface area (Å²) >= 11 is 0. The van der Waals surface area contributed by atoms with Gasteiger partial charge in [-0.05, 0) is 51.6 Å². The number of hydrogen-bond donors (Lipinski definition) is 2. The third kappa shape index (κ3) is 7.17. The van der Waals surface area contributed by atoms with Crippen LogP contribution in [0.5, 0.6) is 0 Å². The van der Waals surface area contributed by atoms with E-state index in [-0.39, 0.29) is 5.91 Å². The zero-order valence-corrected chi connectivity index (χ0v) is 16.2. The number of benzene rings is 1. The SMILES string of the molecule is CCN1CCN(CCCNC(=O)c2cccc(C#CC(C)(C)O)c2)CC1. The molecule has 0 aliphatic carbocycles. The lowest BCUT2D eigenvalue weighted by Gasteiger charge is -2.33. The Morgan fingerprint density at radius 1 is 1.23 bits per heavy atom. The summed E-state index contributed by atoms with van der Waals surface area (Å²) in [5.74, 6) is 5.60. The molecule has 0 aromatic heterocycles. The highest BCUT2D eigenvalue weighted by molar-refractivity contribution is 5.94. The van der Waals surface area contributed by atoms with Gasteiger partial charge in [0.1, 0.15) is 5.60 Å². The van der Waals surface area contributed by atoms with Crippen molar-refractivity contribution in [3.05, 3.63) is 35.4 Å². The number of carbonyl (C=O) groups is 1. The molecule has 1 heterocycles. The van der Waals surface area contributed by atoms with E-state index in [1.54, 1.807) is 26.0 Å². The van der Waals surface area contributed by atoms with Gasteiger partial charge in [0.2, 0.25) is 0 Å². The van der Waals surface area contributed by atoms with Crippen molar-refractivity contribution in [2.45, 2.75) is 32.8 Å². The third-order valence-electron chi connectivity index (χ3n) is 4.49. The van der Waals surface area contributed by atoms with Crippen LogP contribution in [0.3, 0.4) is 0 Å². The lowest BCUT2D eigenvalue weighted by molar-refractivity contribution is 0.0948. The zero-order chi connectivity index (χ0) is 19.0. The largest absolute Gasteiger partial charge is 0.378 e. The lowest BCUT2D eigenvalue weighted by atomic mass is 10.1. The first kappa shape index (κ1) is 20.4. The monoisotopic (exact) mass is 357 g/mol. The van der Waals surface area contributed by atoms with Crippen molar-refractivity contribution in [3.63, 3.8) is 0 Å². The van der Waals surface area contributed by atoms with Crippen LogP contribution in [0.2, 0.25) is 0 Å².